The summed E-state index contributed by atoms with van der Waals surface area (Å²) in [5, 5.41) is 20.1. The van der Waals surface area contributed by atoms with Crippen LogP contribution in [0.3, 0.4) is 0 Å². The zero-order valence-corrected chi connectivity index (χ0v) is 9.64. The van der Waals surface area contributed by atoms with Crippen LogP contribution < -0.4 is 11.1 Å². The minimum Gasteiger partial charge on any atom is -0.481 e. The summed E-state index contributed by atoms with van der Waals surface area (Å²) in [6.45, 7) is 3.39. The topological polar surface area (TPSA) is 113 Å². The quantitative estimate of drug-likeness (QED) is 0.470. The van der Waals surface area contributed by atoms with E-state index < -0.39 is 18.1 Å². The normalized spacial score (nSPS) is 16.2. The number of carboxylic acid groups (broad SMARTS) is 1. The molecule has 1 amide bonds. The summed E-state index contributed by atoms with van der Waals surface area (Å²) in [5.74, 6) is -1.35. The molecular formula is C10H20N2O4. The molecule has 94 valence electrons. The second kappa shape index (κ2) is 7.19. The van der Waals surface area contributed by atoms with Gasteiger partial charge in [-0.25, -0.2) is 0 Å². The number of amides is 1. The van der Waals surface area contributed by atoms with Crippen LogP contribution >= 0.6 is 0 Å². The van der Waals surface area contributed by atoms with Gasteiger partial charge in [0.2, 0.25) is 5.91 Å². The SMILES string of the molecule is CC(O)CC(C)NC(=O)C(N)CCC(=O)O. The molecule has 0 heterocycles. The smallest absolute Gasteiger partial charge is 0.303 e. The van der Waals surface area contributed by atoms with E-state index in [1.807, 2.05) is 0 Å². The fourth-order valence-corrected chi connectivity index (χ4v) is 1.33. The molecule has 6 nitrogen and oxygen atoms in total. The van der Waals surface area contributed by atoms with Gasteiger partial charge < -0.3 is 21.3 Å². The van der Waals surface area contributed by atoms with Crippen LogP contribution in [0.4, 0.5) is 0 Å². The van der Waals surface area contributed by atoms with Crippen LogP contribution in [0.25, 0.3) is 0 Å². The molecule has 6 heteroatoms. The first kappa shape index (κ1) is 14.9. The van der Waals surface area contributed by atoms with Crippen LogP contribution in [0.5, 0.6) is 0 Å². The number of aliphatic hydroxyl groups excluding tert-OH is 1. The minimum absolute atomic E-state index is 0.114. The highest BCUT2D eigenvalue weighted by Gasteiger charge is 2.17. The van der Waals surface area contributed by atoms with E-state index in [0.717, 1.165) is 0 Å². The molecule has 0 rings (SSSR count). The molecule has 0 bridgehead atoms. The second-order valence-electron chi connectivity index (χ2n) is 4.03. The molecule has 0 aromatic carbocycles. The summed E-state index contributed by atoms with van der Waals surface area (Å²) in [6.07, 6.45) is -0.0650. The Kier molecular flexibility index (Phi) is 6.67. The lowest BCUT2D eigenvalue weighted by Crippen LogP contribution is -2.45. The molecule has 0 aliphatic heterocycles. The van der Waals surface area contributed by atoms with E-state index in [1.165, 1.54) is 0 Å². The number of aliphatic carboxylic acids is 1. The molecule has 0 fully saturated rings. The number of carbonyl (C=O) groups excluding carboxylic acids is 1. The molecule has 0 saturated carbocycles. The lowest BCUT2D eigenvalue weighted by molar-refractivity contribution is -0.137. The van der Waals surface area contributed by atoms with Crippen molar-refractivity contribution < 1.29 is 19.8 Å². The Labute approximate surface area is 94.8 Å². The van der Waals surface area contributed by atoms with Crippen LogP contribution in [0.2, 0.25) is 0 Å². The number of nitrogens with one attached hydrogen (secondary N) is 1. The van der Waals surface area contributed by atoms with Gasteiger partial charge in [-0.1, -0.05) is 0 Å². The van der Waals surface area contributed by atoms with Crippen LogP contribution in [0.1, 0.15) is 33.1 Å². The molecule has 0 aromatic rings. The van der Waals surface area contributed by atoms with E-state index in [9.17, 15) is 9.59 Å². The Morgan fingerprint density at radius 1 is 1.38 bits per heavy atom. The first-order valence-corrected chi connectivity index (χ1v) is 5.28. The van der Waals surface area contributed by atoms with E-state index >= 15 is 0 Å². The number of rotatable bonds is 7. The zero-order valence-electron chi connectivity index (χ0n) is 9.64. The average Bonchev–Trinajstić information content (AvgIpc) is 2.12. The maximum atomic E-state index is 11.4. The van der Waals surface area contributed by atoms with Gasteiger partial charge in [-0.2, -0.15) is 0 Å². The number of hydrogen-bond acceptors (Lipinski definition) is 4. The molecule has 3 unspecified atom stereocenters. The zero-order chi connectivity index (χ0) is 12.7. The van der Waals surface area contributed by atoms with Gasteiger partial charge in [-0.05, 0) is 26.7 Å². The third-order valence-corrected chi connectivity index (χ3v) is 2.09. The van der Waals surface area contributed by atoms with Crippen molar-refractivity contribution in [2.75, 3.05) is 0 Å². The lowest BCUT2D eigenvalue weighted by Gasteiger charge is -2.18. The lowest BCUT2D eigenvalue weighted by atomic mass is 10.1. The monoisotopic (exact) mass is 232 g/mol. The Hall–Kier alpha value is -1.14. The first-order chi connectivity index (χ1) is 7.32. The van der Waals surface area contributed by atoms with Crippen molar-refractivity contribution in [3.63, 3.8) is 0 Å². The van der Waals surface area contributed by atoms with Gasteiger partial charge in [0, 0.05) is 12.5 Å². The molecule has 0 saturated heterocycles. The van der Waals surface area contributed by atoms with E-state index in [1.54, 1.807) is 13.8 Å². The van der Waals surface area contributed by atoms with Crippen LogP contribution in [-0.4, -0.2) is 40.3 Å². The predicted molar refractivity (Wildman–Crippen MR) is 58.7 cm³/mol. The van der Waals surface area contributed by atoms with Crippen molar-refractivity contribution in [1.29, 1.82) is 0 Å². The Morgan fingerprint density at radius 2 is 1.94 bits per heavy atom. The minimum atomic E-state index is -0.972. The summed E-state index contributed by atoms with van der Waals surface area (Å²) >= 11 is 0. The average molecular weight is 232 g/mol. The molecule has 5 N–H and O–H groups in total. The summed E-state index contributed by atoms with van der Waals surface area (Å²) in [7, 11) is 0. The first-order valence-electron chi connectivity index (χ1n) is 5.28. The molecular weight excluding hydrogens is 212 g/mol. The van der Waals surface area contributed by atoms with Crippen molar-refractivity contribution in [2.24, 2.45) is 5.73 Å². The summed E-state index contributed by atoms with van der Waals surface area (Å²) in [4.78, 5) is 21.7. The van der Waals surface area contributed by atoms with Crippen molar-refractivity contribution in [3.8, 4) is 0 Å². The van der Waals surface area contributed by atoms with Gasteiger partial charge in [-0.3, -0.25) is 9.59 Å². The van der Waals surface area contributed by atoms with Crippen molar-refractivity contribution >= 4 is 11.9 Å². The molecule has 0 radical (unpaired) electrons. The van der Waals surface area contributed by atoms with Crippen molar-refractivity contribution in [2.45, 2.75) is 51.3 Å². The van der Waals surface area contributed by atoms with Gasteiger partial charge in [0.25, 0.3) is 0 Å². The van der Waals surface area contributed by atoms with E-state index in [4.69, 9.17) is 15.9 Å². The predicted octanol–water partition coefficient (Wildman–Crippen LogP) is -0.546. The Balaban J connectivity index is 3.90. The summed E-state index contributed by atoms with van der Waals surface area (Å²) in [5.41, 5.74) is 5.51. The fourth-order valence-electron chi connectivity index (χ4n) is 1.33. The number of aliphatic hydroxyl groups is 1. The van der Waals surface area contributed by atoms with E-state index in [-0.39, 0.29) is 24.8 Å². The number of nitrogens with two attached hydrogens (primary N) is 1. The third-order valence-electron chi connectivity index (χ3n) is 2.09. The van der Waals surface area contributed by atoms with Gasteiger partial charge in [0.1, 0.15) is 0 Å². The standard InChI is InChI=1S/C10H20N2O4/c1-6(5-7(2)13)12-10(16)8(11)3-4-9(14)15/h6-8,13H,3-5,11H2,1-2H3,(H,12,16)(H,14,15). The van der Waals surface area contributed by atoms with Gasteiger partial charge in [-0.15, -0.1) is 0 Å². The van der Waals surface area contributed by atoms with Gasteiger partial charge >= 0.3 is 5.97 Å². The number of carboxylic acids is 1. The summed E-state index contributed by atoms with van der Waals surface area (Å²) in [6, 6.07) is -0.990. The number of carbonyl (C=O) groups is 2. The van der Waals surface area contributed by atoms with Gasteiger partial charge in [0.05, 0.1) is 12.1 Å². The van der Waals surface area contributed by atoms with Crippen molar-refractivity contribution in [1.82, 2.24) is 5.32 Å². The summed E-state index contributed by atoms with van der Waals surface area (Å²) < 4.78 is 0. The van der Waals surface area contributed by atoms with Crippen LogP contribution in [-0.2, 0) is 9.59 Å². The van der Waals surface area contributed by atoms with Crippen LogP contribution in [0.15, 0.2) is 0 Å². The maximum Gasteiger partial charge on any atom is 0.303 e. The maximum absolute atomic E-state index is 11.4. The molecule has 3 atom stereocenters. The highest BCUT2D eigenvalue weighted by atomic mass is 16.4. The highest BCUT2D eigenvalue weighted by molar-refractivity contribution is 5.82. The van der Waals surface area contributed by atoms with E-state index in [0.29, 0.717) is 6.42 Å². The number of hydrogen-bond donors (Lipinski definition) is 4. The Bertz CT molecular complexity index is 243. The third kappa shape index (κ3) is 7.19. The van der Waals surface area contributed by atoms with E-state index in [2.05, 4.69) is 5.32 Å². The van der Waals surface area contributed by atoms with Crippen LogP contribution in [0, 0.1) is 0 Å². The largest absolute Gasteiger partial charge is 0.481 e. The highest BCUT2D eigenvalue weighted by Crippen LogP contribution is 1.99. The fraction of sp³-hybridized carbons (Fsp3) is 0.800. The molecule has 16 heavy (non-hydrogen) atoms. The molecule has 0 aliphatic carbocycles. The Morgan fingerprint density at radius 3 is 2.38 bits per heavy atom. The molecule has 0 aromatic heterocycles. The van der Waals surface area contributed by atoms with Gasteiger partial charge in [0.15, 0.2) is 0 Å². The second-order valence-corrected chi connectivity index (χ2v) is 4.03. The van der Waals surface area contributed by atoms with Crippen molar-refractivity contribution in [3.05, 3.63) is 0 Å². The molecule has 0 spiro atoms. The molecule has 0 aliphatic rings.